The van der Waals surface area contributed by atoms with Crippen LogP contribution in [0.15, 0.2) is 35.4 Å². The van der Waals surface area contributed by atoms with Crippen LogP contribution in [0, 0.1) is 0 Å². The number of hydrogen-bond acceptors (Lipinski definition) is 3. The van der Waals surface area contributed by atoms with Gasteiger partial charge in [0.15, 0.2) is 0 Å². The molecule has 1 saturated heterocycles. The van der Waals surface area contributed by atoms with E-state index in [-0.39, 0.29) is 6.04 Å². The minimum absolute atomic E-state index is 0.103. The van der Waals surface area contributed by atoms with E-state index >= 15 is 0 Å². The van der Waals surface area contributed by atoms with Gasteiger partial charge in [-0.05, 0) is 6.07 Å². The number of rotatable bonds is 3. The molecule has 3 rings (SSSR count). The van der Waals surface area contributed by atoms with E-state index in [4.69, 9.17) is 4.74 Å². The summed E-state index contributed by atoms with van der Waals surface area (Å²) in [5, 5.41) is 0.743. The Bertz CT molecular complexity index is 686. The Hall–Kier alpha value is -1.37. The molecular weight excluding hydrogens is 252 g/mol. The van der Waals surface area contributed by atoms with Crippen LogP contribution in [-0.2, 0) is 21.8 Å². The molecule has 0 unspecified atom stereocenters. The van der Waals surface area contributed by atoms with Crippen LogP contribution in [0.4, 0.5) is 0 Å². The first-order valence-corrected chi connectivity index (χ1v) is 7.20. The van der Waals surface area contributed by atoms with E-state index in [0.29, 0.717) is 18.1 Å². The van der Waals surface area contributed by atoms with Crippen molar-refractivity contribution in [3.05, 3.63) is 30.5 Å². The highest BCUT2D eigenvalue weighted by Gasteiger charge is 2.27. The SMILES string of the molecule is Cn1cc(S(=O)(=O)NC2COC2)c2ccccc21. The molecule has 1 aliphatic heterocycles. The van der Waals surface area contributed by atoms with Gasteiger partial charge < -0.3 is 9.30 Å². The second kappa shape index (κ2) is 4.08. The Balaban J connectivity index is 2.08. The average molecular weight is 266 g/mol. The van der Waals surface area contributed by atoms with E-state index in [0.717, 1.165) is 10.9 Å². The van der Waals surface area contributed by atoms with Crippen LogP contribution in [0.1, 0.15) is 0 Å². The molecule has 0 amide bonds. The van der Waals surface area contributed by atoms with Crippen LogP contribution in [0.3, 0.4) is 0 Å². The minimum atomic E-state index is -3.48. The second-order valence-electron chi connectivity index (χ2n) is 4.48. The summed E-state index contributed by atoms with van der Waals surface area (Å²) in [4.78, 5) is 0.326. The summed E-state index contributed by atoms with van der Waals surface area (Å²) >= 11 is 0. The molecule has 18 heavy (non-hydrogen) atoms. The van der Waals surface area contributed by atoms with Crippen LogP contribution in [0.2, 0.25) is 0 Å². The van der Waals surface area contributed by atoms with Crippen molar-refractivity contribution >= 4 is 20.9 Å². The third-order valence-electron chi connectivity index (χ3n) is 3.11. The van der Waals surface area contributed by atoms with Crippen molar-refractivity contribution in [2.45, 2.75) is 10.9 Å². The Morgan fingerprint density at radius 1 is 1.33 bits per heavy atom. The summed E-state index contributed by atoms with van der Waals surface area (Å²) in [5.41, 5.74) is 0.905. The highest BCUT2D eigenvalue weighted by Crippen LogP contribution is 2.24. The lowest BCUT2D eigenvalue weighted by Crippen LogP contribution is -2.48. The molecule has 1 aromatic heterocycles. The van der Waals surface area contributed by atoms with Gasteiger partial charge in [-0.2, -0.15) is 0 Å². The number of benzene rings is 1. The number of nitrogens with one attached hydrogen (secondary N) is 1. The van der Waals surface area contributed by atoms with Crippen molar-refractivity contribution in [3.63, 3.8) is 0 Å². The maximum absolute atomic E-state index is 12.3. The molecule has 0 atom stereocenters. The van der Waals surface area contributed by atoms with Gasteiger partial charge in [0.25, 0.3) is 0 Å². The van der Waals surface area contributed by atoms with Gasteiger partial charge in [0.2, 0.25) is 10.0 Å². The molecule has 0 bridgehead atoms. The Kier molecular flexibility index (Phi) is 2.65. The van der Waals surface area contributed by atoms with Crippen molar-refractivity contribution in [1.82, 2.24) is 9.29 Å². The molecular formula is C12H14N2O3S. The van der Waals surface area contributed by atoms with Gasteiger partial charge in [0.05, 0.1) is 19.3 Å². The number of fused-ring (bicyclic) bond motifs is 1. The first-order valence-electron chi connectivity index (χ1n) is 5.72. The summed E-state index contributed by atoms with van der Waals surface area (Å²) < 4.78 is 34.0. The summed E-state index contributed by atoms with van der Waals surface area (Å²) in [6.45, 7) is 0.897. The van der Waals surface area contributed by atoms with E-state index < -0.39 is 10.0 Å². The molecule has 0 aliphatic carbocycles. The normalized spacial score (nSPS) is 16.9. The maximum Gasteiger partial charge on any atom is 0.243 e. The fourth-order valence-electron chi connectivity index (χ4n) is 2.11. The number of para-hydroxylation sites is 1. The first kappa shape index (κ1) is 11.7. The molecule has 1 aliphatic rings. The first-order chi connectivity index (χ1) is 8.58. The zero-order valence-corrected chi connectivity index (χ0v) is 10.8. The molecule has 96 valence electrons. The third kappa shape index (κ3) is 1.82. The standard InChI is InChI=1S/C12H14N2O3S/c1-14-6-12(10-4-2-3-5-11(10)14)18(15,16)13-9-7-17-8-9/h2-6,9,13H,7-8H2,1H3. The summed E-state index contributed by atoms with van der Waals surface area (Å²) in [6.07, 6.45) is 1.65. The van der Waals surface area contributed by atoms with Crippen LogP contribution in [-0.4, -0.2) is 32.2 Å². The van der Waals surface area contributed by atoms with Gasteiger partial charge in [-0.3, -0.25) is 0 Å². The van der Waals surface area contributed by atoms with Crippen molar-refractivity contribution in [2.75, 3.05) is 13.2 Å². The van der Waals surface area contributed by atoms with Crippen molar-refractivity contribution < 1.29 is 13.2 Å². The highest BCUT2D eigenvalue weighted by molar-refractivity contribution is 7.89. The monoisotopic (exact) mass is 266 g/mol. The Labute approximate surface area is 105 Å². The Morgan fingerprint density at radius 2 is 2.06 bits per heavy atom. The highest BCUT2D eigenvalue weighted by atomic mass is 32.2. The smallest absolute Gasteiger partial charge is 0.243 e. The van der Waals surface area contributed by atoms with Crippen molar-refractivity contribution in [3.8, 4) is 0 Å². The molecule has 6 heteroatoms. The number of sulfonamides is 1. The van der Waals surface area contributed by atoms with E-state index in [1.807, 2.05) is 35.9 Å². The number of nitrogens with zero attached hydrogens (tertiary/aromatic N) is 1. The number of ether oxygens (including phenoxy) is 1. The minimum Gasteiger partial charge on any atom is -0.378 e. The molecule has 0 spiro atoms. The topological polar surface area (TPSA) is 60.3 Å². The van der Waals surface area contributed by atoms with Gasteiger partial charge in [-0.1, -0.05) is 18.2 Å². The van der Waals surface area contributed by atoms with Gasteiger partial charge >= 0.3 is 0 Å². The number of aromatic nitrogens is 1. The summed E-state index contributed by atoms with van der Waals surface area (Å²) in [5.74, 6) is 0. The number of aryl methyl sites for hydroxylation is 1. The van der Waals surface area contributed by atoms with Crippen molar-refractivity contribution in [2.24, 2.45) is 7.05 Å². The summed E-state index contributed by atoms with van der Waals surface area (Å²) in [7, 11) is -1.64. The van der Waals surface area contributed by atoms with Gasteiger partial charge in [-0.15, -0.1) is 0 Å². The lowest BCUT2D eigenvalue weighted by Gasteiger charge is -2.26. The van der Waals surface area contributed by atoms with Crippen LogP contribution < -0.4 is 4.72 Å². The molecule has 5 nitrogen and oxygen atoms in total. The average Bonchev–Trinajstić information content (AvgIpc) is 2.64. The zero-order chi connectivity index (χ0) is 12.8. The summed E-state index contributed by atoms with van der Waals surface area (Å²) in [6, 6.07) is 7.36. The van der Waals surface area contributed by atoms with E-state index in [9.17, 15) is 8.42 Å². The van der Waals surface area contributed by atoms with E-state index in [1.165, 1.54) is 0 Å². The molecule has 0 radical (unpaired) electrons. The van der Waals surface area contributed by atoms with Crippen LogP contribution >= 0.6 is 0 Å². The predicted molar refractivity (Wildman–Crippen MR) is 67.8 cm³/mol. The van der Waals surface area contributed by atoms with Gasteiger partial charge in [0, 0.05) is 24.1 Å². The second-order valence-corrected chi connectivity index (χ2v) is 6.16. The molecule has 2 aromatic rings. The zero-order valence-electron chi connectivity index (χ0n) is 9.96. The van der Waals surface area contributed by atoms with Gasteiger partial charge in [0.1, 0.15) is 4.90 Å². The van der Waals surface area contributed by atoms with E-state index in [1.54, 1.807) is 6.20 Å². The fraction of sp³-hybridized carbons (Fsp3) is 0.333. The quantitative estimate of drug-likeness (QED) is 0.896. The van der Waals surface area contributed by atoms with Gasteiger partial charge in [-0.25, -0.2) is 13.1 Å². The fourth-order valence-corrected chi connectivity index (χ4v) is 3.57. The van der Waals surface area contributed by atoms with Crippen molar-refractivity contribution in [1.29, 1.82) is 0 Å². The predicted octanol–water partition coefficient (Wildman–Crippen LogP) is 0.855. The Morgan fingerprint density at radius 3 is 2.72 bits per heavy atom. The molecule has 1 aromatic carbocycles. The number of hydrogen-bond donors (Lipinski definition) is 1. The molecule has 1 N–H and O–H groups in total. The lowest BCUT2D eigenvalue weighted by atomic mass is 10.2. The van der Waals surface area contributed by atoms with Crippen LogP contribution in [0.5, 0.6) is 0 Å². The maximum atomic E-state index is 12.3. The molecule has 1 fully saturated rings. The molecule has 0 saturated carbocycles. The lowest BCUT2D eigenvalue weighted by molar-refractivity contribution is 0.00483. The third-order valence-corrected chi connectivity index (χ3v) is 4.66. The molecule has 2 heterocycles. The van der Waals surface area contributed by atoms with E-state index in [2.05, 4.69) is 4.72 Å². The van der Waals surface area contributed by atoms with Crippen LogP contribution in [0.25, 0.3) is 10.9 Å². The largest absolute Gasteiger partial charge is 0.378 e.